The molecule has 0 atom stereocenters. The molecule has 0 saturated heterocycles. The molecule has 0 saturated carbocycles. The molecule has 120 valence electrons. The summed E-state index contributed by atoms with van der Waals surface area (Å²) < 4.78 is 0. The van der Waals surface area contributed by atoms with Crippen LogP contribution >= 0.6 is 0 Å². The van der Waals surface area contributed by atoms with Gasteiger partial charge in [0.2, 0.25) is 0 Å². The van der Waals surface area contributed by atoms with Gasteiger partial charge in [0.05, 0.1) is 26.9 Å². The Morgan fingerprint density at radius 3 is 1.52 bits per heavy atom. The SMILES string of the molecule is Cc1c([N+](=O)[O-])cc([N+](=O)[O-])cc1[N+](=O)[O-].Oc1ccccc1. The number of phenols is 1. The molecular formula is C13H11N3O7. The van der Waals surface area contributed by atoms with Crippen molar-refractivity contribution in [2.75, 3.05) is 0 Å². The monoisotopic (exact) mass is 321 g/mol. The van der Waals surface area contributed by atoms with Crippen LogP contribution in [0.1, 0.15) is 5.56 Å². The van der Waals surface area contributed by atoms with E-state index in [-0.39, 0.29) is 5.56 Å². The Balaban J connectivity index is 0.000000313. The highest BCUT2D eigenvalue weighted by Gasteiger charge is 2.27. The fourth-order valence-electron chi connectivity index (χ4n) is 1.58. The summed E-state index contributed by atoms with van der Waals surface area (Å²) in [6.45, 7) is 1.17. The zero-order valence-electron chi connectivity index (χ0n) is 11.8. The molecule has 0 unspecified atom stereocenters. The molecule has 10 nitrogen and oxygen atoms in total. The van der Waals surface area contributed by atoms with Gasteiger partial charge in [0, 0.05) is 0 Å². The molecule has 0 radical (unpaired) electrons. The highest BCUT2D eigenvalue weighted by Crippen LogP contribution is 2.32. The number of aromatic hydroxyl groups is 1. The van der Waals surface area contributed by atoms with Crippen LogP contribution in [-0.4, -0.2) is 19.9 Å². The summed E-state index contributed by atoms with van der Waals surface area (Å²) in [6.07, 6.45) is 0. The lowest BCUT2D eigenvalue weighted by molar-refractivity contribution is -0.403. The highest BCUT2D eigenvalue weighted by molar-refractivity contribution is 5.59. The number of hydrogen-bond donors (Lipinski definition) is 1. The van der Waals surface area contributed by atoms with Gasteiger partial charge in [0.25, 0.3) is 17.1 Å². The lowest BCUT2D eigenvalue weighted by Crippen LogP contribution is -2.00. The Labute approximate surface area is 129 Å². The van der Waals surface area contributed by atoms with Gasteiger partial charge in [0.15, 0.2) is 0 Å². The van der Waals surface area contributed by atoms with E-state index in [2.05, 4.69) is 0 Å². The van der Waals surface area contributed by atoms with Crippen LogP contribution in [0.4, 0.5) is 17.1 Å². The number of para-hydroxylation sites is 1. The first-order valence-electron chi connectivity index (χ1n) is 6.06. The number of nitro benzene ring substituents is 3. The summed E-state index contributed by atoms with van der Waals surface area (Å²) in [5.41, 5.74) is -2.16. The maximum absolute atomic E-state index is 10.5. The predicted molar refractivity (Wildman–Crippen MR) is 79.2 cm³/mol. The molecule has 0 aromatic heterocycles. The van der Waals surface area contributed by atoms with Gasteiger partial charge in [-0.15, -0.1) is 0 Å². The number of rotatable bonds is 3. The highest BCUT2D eigenvalue weighted by atomic mass is 16.6. The Morgan fingerprint density at radius 1 is 0.826 bits per heavy atom. The third-order valence-corrected chi connectivity index (χ3v) is 2.70. The van der Waals surface area contributed by atoms with Crippen molar-refractivity contribution in [1.82, 2.24) is 0 Å². The van der Waals surface area contributed by atoms with E-state index in [1.54, 1.807) is 24.3 Å². The van der Waals surface area contributed by atoms with Crippen LogP contribution in [-0.2, 0) is 0 Å². The summed E-state index contributed by atoms with van der Waals surface area (Å²) in [7, 11) is 0. The van der Waals surface area contributed by atoms with Crippen LogP contribution in [0, 0.1) is 37.3 Å². The fraction of sp³-hybridized carbons (Fsp3) is 0.0769. The van der Waals surface area contributed by atoms with Gasteiger partial charge in [-0.05, 0) is 19.1 Å². The van der Waals surface area contributed by atoms with Crippen LogP contribution < -0.4 is 0 Å². The normalized spacial score (nSPS) is 9.43. The zero-order chi connectivity index (χ0) is 17.6. The van der Waals surface area contributed by atoms with E-state index in [4.69, 9.17) is 5.11 Å². The molecule has 0 aliphatic rings. The molecule has 0 aliphatic carbocycles. The molecule has 10 heteroatoms. The Hall–Kier alpha value is -3.56. The van der Waals surface area contributed by atoms with Crippen LogP contribution in [0.15, 0.2) is 42.5 Å². The van der Waals surface area contributed by atoms with E-state index in [9.17, 15) is 30.3 Å². The lowest BCUT2D eigenvalue weighted by atomic mass is 10.1. The molecule has 0 heterocycles. The summed E-state index contributed by atoms with van der Waals surface area (Å²) in [5.74, 6) is 0.322. The van der Waals surface area contributed by atoms with Gasteiger partial charge in [-0.3, -0.25) is 30.3 Å². The molecule has 0 amide bonds. The second kappa shape index (κ2) is 7.45. The minimum atomic E-state index is -0.917. The minimum absolute atomic E-state index is 0.208. The molecule has 1 N–H and O–H groups in total. The maximum Gasteiger partial charge on any atom is 0.286 e. The Bertz CT molecular complexity index is 711. The van der Waals surface area contributed by atoms with Crippen LogP contribution in [0.25, 0.3) is 0 Å². The van der Waals surface area contributed by atoms with E-state index < -0.39 is 31.8 Å². The van der Waals surface area contributed by atoms with Crippen molar-refractivity contribution in [3.05, 3.63) is 78.4 Å². The average Bonchev–Trinajstić information content (AvgIpc) is 2.48. The summed E-state index contributed by atoms with van der Waals surface area (Å²) >= 11 is 0. The molecular weight excluding hydrogens is 310 g/mol. The first kappa shape index (κ1) is 17.5. The van der Waals surface area contributed by atoms with Crippen molar-refractivity contribution >= 4 is 17.1 Å². The molecule has 2 rings (SSSR count). The van der Waals surface area contributed by atoms with Crippen molar-refractivity contribution < 1.29 is 19.9 Å². The molecule has 0 fully saturated rings. The number of hydrogen-bond acceptors (Lipinski definition) is 7. The first-order chi connectivity index (χ1) is 10.7. The largest absolute Gasteiger partial charge is 0.508 e. The predicted octanol–water partition coefficient (Wildman–Crippen LogP) is 3.11. The first-order valence-corrected chi connectivity index (χ1v) is 6.06. The van der Waals surface area contributed by atoms with Crippen molar-refractivity contribution in [1.29, 1.82) is 0 Å². The van der Waals surface area contributed by atoms with Gasteiger partial charge < -0.3 is 5.11 Å². The topological polar surface area (TPSA) is 150 Å². The number of nitrogens with zero attached hydrogens (tertiary/aromatic N) is 3. The standard InChI is InChI=1S/C7H5N3O6.C6H6O/c1-4-6(9(13)14)2-5(8(11)12)3-7(4)10(15)16;7-6-4-2-1-3-5-6/h2-3H,1H3;1-5,7H. The third-order valence-electron chi connectivity index (χ3n) is 2.70. The van der Waals surface area contributed by atoms with Crippen LogP contribution in [0.2, 0.25) is 0 Å². The number of benzene rings is 2. The molecule has 0 aliphatic heterocycles. The van der Waals surface area contributed by atoms with E-state index in [1.807, 2.05) is 6.07 Å². The van der Waals surface area contributed by atoms with E-state index in [1.165, 1.54) is 6.92 Å². The summed E-state index contributed by atoms with van der Waals surface area (Å²) in [4.78, 5) is 28.8. The smallest absolute Gasteiger partial charge is 0.286 e. The van der Waals surface area contributed by atoms with Crippen molar-refractivity contribution in [2.45, 2.75) is 6.92 Å². The Kier molecular flexibility index (Phi) is 5.66. The van der Waals surface area contributed by atoms with Gasteiger partial charge >= 0.3 is 0 Å². The number of non-ortho nitro benzene ring substituents is 1. The number of nitro groups is 3. The van der Waals surface area contributed by atoms with Gasteiger partial charge in [-0.25, -0.2) is 0 Å². The van der Waals surface area contributed by atoms with E-state index in [0.717, 1.165) is 0 Å². The molecule has 2 aromatic rings. The van der Waals surface area contributed by atoms with Crippen molar-refractivity contribution in [3.8, 4) is 5.75 Å². The van der Waals surface area contributed by atoms with Crippen LogP contribution in [0.3, 0.4) is 0 Å². The third kappa shape index (κ3) is 4.74. The van der Waals surface area contributed by atoms with Crippen molar-refractivity contribution in [3.63, 3.8) is 0 Å². The zero-order valence-corrected chi connectivity index (χ0v) is 11.8. The second-order valence-electron chi connectivity index (χ2n) is 4.22. The van der Waals surface area contributed by atoms with Crippen molar-refractivity contribution in [2.24, 2.45) is 0 Å². The average molecular weight is 321 g/mol. The molecule has 0 bridgehead atoms. The summed E-state index contributed by atoms with van der Waals surface area (Å²) in [5, 5.41) is 40.1. The molecule has 2 aromatic carbocycles. The van der Waals surface area contributed by atoms with Crippen LogP contribution in [0.5, 0.6) is 5.75 Å². The van der Waals surface area contributed by atoms with E-state index >= 15 is 0 Å². The van der Waals surface area contributed by atoms with E-state index in [0.29, 0.717) is 17.9 Å². The maximum atomic E-state index is 10.5. The summed E-state index contributed by atoms with van der Waals surface area (Å²) in [6, 6.07) is 10.1. The van der Waals surface area contributed by atoms with Gasteiger partial charge in [-0.1, -0.05) is 18.2 Å². The number of phenolic OH excluding ortho intramolecular Hbond substituents is 1. The van der Waals surface area contributed by atoms with Gasteiger partial charge in [-0.2, -0.15) is 0 Å². The quantitative estimate of drug-likeness (QED) is 0.673. The minimum Gasteiger partial charge on any atom is -0.508 e. The van der Waals surface area contributed by atoms with Gasteiger partial charge in [0.1, 0.15) is 11.3 Å². The molecule has 23 heavy (non-hydrogen) atoms. The second-order valence-corrected chi connectivity index (χ2v) is 4.22. The Morgan fingerprint density at radius 2 is 1.26 bits per heavy atom. The lowest BCUT2D eigenvalue weighted by Gasteiger charge is -1.99. The fourth-order valence-corrected chi connectivity index (χ4v) is 1.58. The molecule has 0 spiro atoms.